The second kappa shape index (κ2) is 5.14. The fraction of sp³-hybridized carbons (Fsp3) is 0.0833. The lowest BCUT2D eigenvalue weighted by Crippen LogP contribution is -1.88. The minimum absolute atomic E-state index is 0.235. The van der Waals surface area contributed by atoms with E-state index in [0.717, 1.165) is 34.1 Å². The molecule has 88 valence electrons. The molecule has 0 fully saturated rings. The number of aryl methyl sites for hydroxylation is 1. The van der Waals surface area contributed by atoms with Gasteiger partial charge in [0.05, 0.1) is 10.6 Å². The third-order valence-electron chi connectivity index (χ3n) is 2.10. The van der Waals surface area contributed by atoms with E-state index in [1.54, 1.807) is 6.07 Å². The monoisotopic (exact) mass is 315 g/mol. The van der Waals surface area contributed by atoms with Crippen molar-refractivity contribution in [2.24, 2.45) is 0 Å². The van der Waals surface area contributed by atoms with Gasteiger partial charge in [-0.25, -0.2) is 13.8 Å². The molecule has 0 saturated heterocycles. The van der Waals surface area contributed by atoms with E-state index >= 15 is 0 Å². The topological polar surface area (TPSA) is 12.9 Å². The molecule has 0 unspecified atom stereocenters. The average Bonchev–Trinajstić information content (AvgIpc) is 2.29. The maximum atomic E-state index is 13.4. The molecule has 0 bridgehead atoms. The summed E-state index contributed by atoms with van der Waals surface area (Å²) >= 11 is 4.44. The van der Waals surface area contributed by atoms with Crippen LogP contribution in [0.4, 0.5) is 8.78 Å². The summed E-state index contributed by atoms with van der Waals surface area (Å²) in [4.78, 5) is 4.50. The third kappa shape index (κ3) is 3.04. The molecule has 2 rings (SSSR count). The lowest BCUT2D eigenvalue weighted by molar-refractivity contribution is 0.577. The molecule has 0 aliphatic rings. The van der Waals surface area contributed by atoms with E-state index in [1.807, 2.05) is 13.0 Å². The highest BCUT2D eigenvalue weighted by atomic mass is 79.9. The number of aromatic nitrogens is 1. The highest BCUT2D eigenvalue weighted by Gasteiger charge is 2.07. The third-order valence-corrected chi connectivity index (χ3v) is 3.91. The SMILES string of the molecule is Cc1nc(Sc2cc(F)ccc2F)ccc1Br. The minimum Gasteiger partial charge on any atom is -0.245 e. The first kappa shape index (κ1) is 12.5. The first-order valence-corrected chi connectivity index (χ1v) is 6.43. The fourth-order valence-electron chi connectivity index (χ4n) is 1.25. The molecule has 5 heteroatoms. The maximum absolute atomic E-state index is 13.4. The number of hydrogen-bond donors (Lipinski definition) is 0. The van der Waals surface area contributed by atoms with E-state index in [-0.39, 0.29) is 4.90 Å². The van der Waals surface area contributed by atoms with Crippen molar-refractivity contribution >= 4 is 27.7 Å². The van der Waals surface area contributed by atoms with Crippen molar-refractivity contribution in [3.8, 4) is 0 Å². The average molecular weight is 316 g/mol. The zero-order chi connectivity index (χ0) is 12.4. The van der Waals surface area contributed by atoms with Gasteiger partial charge in [0, 0.05) is 4.47 Å². The van der Waals surface area contributed by atoms with E-state index in [9.17, 15) is 8.78 Å². The molecule has 0 amide bonds. The number of rotatable bonds is 2. The zero-order valence-electron chi connectivity index (χ0n) is 8.88. The second-order valence-electron chi connectivity index (χ2n) is 3.39. The number of benzene rings is 1. The fourth-order valence-corrected chi connectivity index (χ4v) is 2.35. The number of hydrogen-bond acceptors (Lipinski definition) is 2. The van der Waals surface area contributed by atoms with Crippen LogP contribution in [0, 0.1) is 18.6 Å². The first-order chi connectivity index (χ1) is 8.06. The van der Waals surface area contributed by atoms with Crippen LogP contribution in [0.15, 0.2) is 44.7 Å². The van der Waals surface area contributed by atoms with Gasteiger partial charge in [0.15, 0.2) is 0 Å². The Hall–Kier alpha value is -0.940. The molecule has 1 aromatic carbocycles. The molecule has 0 N–H and O–H groups in total. The molecule has 0 aliphatic carbocycles. The van der Waals surface area contributed by atoms with Crippen LogP contribution in [0.25, 0.3) is 0 Å². The van der Waals surface area contributed by atoms with Crippen molar-refractivity contribution in [3.05, 3.63) is 52.1 Å². The van der Waals surface area contributed by atoms with Crippen LogP contribution in [0.5, 0.6) is 0 Å². The van der Waals surface area contributed by atoms with E-state index in [0.29, 0.717) is 5.03 Å². The van der Waals surface area contributed by atoms with Crippen molar-refractivity contribution in [2.75, 3.05) is 0 Å². The lowest BCUT2D eigenvalue weighted by atomic mass is 10.3. The molecule has 0 atom stereocenters. The molecular weight excluding hydrogens is 308 g/mol. The van der Waals surface area contributed by atoms with E-state index in [1.165, 1.54) is 6.07 Å². The Kier molecular flexibility index (Phi) is 3.79. The molecule has 1 heterocycles. The van der Waals surface area contributed by atoms with Gasteiger partial charge in [0.1, 0.15) is 16.7 Å². The molecule has 0 spiro atoms. The van der Waals surface area contributed by atoms with Crippen LogP contribution in [-0.2, 0) is 0 Å². The second-order valence-corrected chi connectivity index (χ2v) is 5.31. The Morgan fingerprint density at radius 1 is 1.18 bits per heavy atom. The smallest absolute Gasteiger partial charge is 0.137 e. The van der Waals surface area contributed by atoms with E-state index < -0.39 is 11.6 Å². The van der Waals surface area contributed by atoms with Gasteiger partial charge in [-0.05, 0) is 53.2 Å². The summed E-state index contributed by atoms with van der Waals surface area (Å²) in [7, 11) is 0. The van der Waals surface area contributed by atoms with Gasteiger partial charge in [-0.2, -0.15) is 0 Å². The Morgan fingerprint density at radius 3 is 2.65 bits per heavy atom. The lowest BCUT2D eigenvalue weighted by Gasteiger charge is -2.04. The van der Waals surface area contributed by atoms with E-state index in [2.05, 4.69) is 20.9 Å². The molecule has 0 radical (unpaired) electrons. The Morgan fingerprint density at radius 2 is 1.94 bits per heavy atom. The maximum Gasteiger partial charge on any atom is 0.137 e. The van der Waals surface area contributed by atoms with Gasteiger partial charge >= 0.3 is 0 Å². The van der Waals surface area contributed by atoms with Gasteiger partial charge in [-0.3, -0.25) is 0 Å². The molecule has 2 aromatic rings. The Bertz CT molecular complexity index is 560. The van der Waals surface area contributed by atoms with Crippen LogP contribution in [0.3, 0.4) is 0 Å². The van der Waals surface area contributed by atoms with Gasteiger partial charge in [0.25, 0.3) is 0 Å². The molecule has 17 heavy (non-hydrogen) atoms. The normalized spacial score (nSPS) is 10.6. The van der Waals surface area contributed by atoms with Crippen LogP contribution in [0.1, 0.15) is 5.69 Å². The summed E-state index contributed by atoms with van der Waals surface area (Å²) < 4.78 is 27.3. The predicted molar refractivity (Wildman–Crippen MR) is 67.2 cm³/mol. The summed E-state index contributed by atoms with van der Waals surface area (Å²) in [5.74, 6) is -0.901. The summed E-state index contributed by atoms with van der Waals surface area (Å²) in [6.07, 6.45) is 0. The summed E-state index contributed by atoms with van der Waals surface area (Å²) in [5, 5.41) is 0.634. The Balaban J connectivity index is 2.31. The van der Waals surface area contributed by atoms with E-state index in [4.69, 9.17) is 0 Å². The number of halogens is 3. The molecule has 0 saturated carbocycles. The zero-order valence-corrected chi connectivity index (χ0v) is 11.3. The Labute approximate surface area is 110 Å². The van der Waals surface area contributed by atoms with Crippen LogP contribution < -0.4 is 0 Å². The summed E-state index contributed by atoms with van der Waals surface area (Å²) in [5.41, 5.74) is 0.812. The van der Waals surface area contributed by atoms with Crippen molar-refractivity contribution in [3.63, 3.8) is 0 Å². The van der Waals surface area contributed by atoms with Gasteiger partial charge in [-0.1, -0.05) is 11.8 Å². The van der Waals surface area contributed by atoms with Gasteiger partial charge in [-0.15, -0.1) is 0 Å². The van der Waals surface area contributed by atoms with Crippen LogP contribution >= 0.6 is 27.7 Å². The van der Waals surface area contributed by atoms with Gasteiger partial charge in [0.2, 0.25) is 0 Å². The van der Waals surface area contributed by atoms with Crippen LogP contribution in [-0.4, -0.2) is 4.98 Å². The summed E-state index contributed by atoms with van der Waals surface area (Å²) in [6, 6.07) is 6.97. The number of pyridine rings is 1. The molecular formula is C12H8BrF2NS. The first-order valence-electron chi connectivity index (χ1n) is 4.82. The van der Waals surface area contributed by atoms with Gasteiger partial charge < -0.3 is 0 Å². The van der Waals surface area contributed by atoms with Crippen molar-refractivity contribution in [2.45, 2.75) is 16.8 Å². The van der Waals surface area contributed by atoms with Crippen molar-refractivity contribution in [1.29, 1.82) is 0 Å². The standard InChI is InChI=1S/C12H8BrF2NS/c1-7-9(13)3-5-12(16-7)17-11-6-8(14)2-4-10(11)15/h2-6H,1H3. The van der Waals surface area contributed by atoms with Crippen molar-refractivity contribution < 1.29 is 8.78 Å². The highest BCUT2D eigenvalue weighted by molar-refractivity contribution is 9.10. The molecule has 1 aromatic heterocycles. The quantitative estimate of drug-likeness (QED) is 0.804. The van der Waals surface area contributed by atoms with Crippen molar-refractivity contribution in [1.82, 2.24) is 4.98 Å². The predicted octanol–water partition coefficient (Wildman–Crippen LogP) is 4.58. The highest BCUT2D eigenvalue weighted by Crippen LogP contribution is 2.30. The largest absolute Gasteiger partial charge is 0.245 e. The van der Waals surface area contributed by atoms with Crippen LogP contribution in [0.2, 0.25) is 0 Å². The molecule has 1 nitrogen and oxygen atoms in total. The minimum atomic E-state index is -0.456. The summed E-state index contributed by atoms with van der Waals surface area (Å²) in [6.45, 7) is 1.84. The molecule has 0 aliphatic heterocycles. The number of nitrogens with zero attached hydrogens (tertiary/aromatic N) is 1.